The molecule has 0 fully saturated rings. The number of hydrogen-bond donors (Lipinski definition) is 2. The number of hydrogen-bond acceptors (Lipinski definition) is 4. The minimum Gasteiger partial charge on any atom is -0.478 e. The zero-order valence-corrected chi connectivity index (χ0v) is 15.6. The number of nitriles is 1. The van der Waals surface area contributed by atoms with Crippen LogP contribution in [0.5, 0.6) is 0 Å². The molecular formula is C20H22N2O2S. The highest BCUT2D eigenvalue weighted by molar-refractivity contribution is 7.16. The number of fused-ring (bicyclic) bond motifs is 1. The van der Waals surface area contributed by atoms with Crippen molar-refractivity contribution >= 4 is 17.3 Å². The molecule has 0 aliphatic heterocycles. The number of thiophene rings is 1. The lowest BCUT2D eigenvalue weighted by atomic mass is 9.76. The van der Waals surface area contributed by atoms with Gasteiger partial charge in [0.1, 0.15) is 0 Å². The van der Waals surface area contributed by atoms with E-state index in [1.807, 2.05) is 19.2 Å². The summed E-state index contributed by atoms with van der Waals surface area (Å²) in [5.74, 6) is -0.857. The molecule has 130 valence electrons. The predicted molar refractivity (Wildman–Crippen MR) is 100.0 cm³/mol. The Bertz CT molecular complexity index is 875. The third kappa shape index (κ3) is 3.33. The summed E-state index contributed by atoms with van der Waals surface area (Å²) in [6.45, 7) is 5.00. The topological polar surface area (TPSA) is 73.1 Å². The van der Waals surface area contributed by atoms with Gasteiger partial charge in [0.05, 0.1) is 17.2 Å². The maximum atomic E-state index is 12.1. The maximum Gasteiger partial charge on any atom is 0.337 e. The lowest BCUT2D eigenvalue weighted by Gasteiger charge is -2.29. The van der Waals surface area contributed by atoms with Gasteiger partial charge in [0.15, 0.2) is 0 Å². The predicted octanol–water partition coefficient (Wildman–Crippen LogP) is 4.22. The Morgan fingerprint density at radius 2 is 2.20 bits per heavy atom. The highest BCUT2D eigenvalue weighted by Gasteiger charge is 2.33. The molecule has 1 aliphatic carbocycles. The van der Waals surface area contributed by atoms with Crippen LogP contribution in [0.1, 0.15) is 52.2 Å². The molecule has 4 nitrogen and oxygen atoms in total. The van der Waals surface area contributed by atoms with Gasteiger partial charge in [-0.2, -0.15) is 5.26 Å². The normalized spacial score (nSPS) is 15.4. The zero-order valence-electron chi connectivity index (χ0n) is 14.8. The molecule has 0 radical (unpaired) electrons. The number of nitrogens with one attached hydrogen (secondary N) is 1. The van der Waals surface area contributed by atoms with Crippen molar-refractivity contribution in [3.8, 4) is 16.5 Å². The van der Waals surface area contributed by atoms with Gasteiger partial charge >= 0.3 is 5.97 Å². The van der Waals surface area contributed by atoms with Gasteiger partial charge in [-0.05, 0) is 60.5 Å². The van der Waals surface area contributed by atoms with Crippen molar-refractivity contribution in [3.05, 3.63) is 45.3 Å². The van der Waals surface area contributed by atoms with E-state index in [1.165, 1.54) is 4.88 Å². The first-order valence-corrected chi connectivity index (χ1v) is 9.24. The second-order valence-electron chi connectivity index (χ2n) is 7.37. The van der Waals surface area contributed by atoms with Crippen molar-refractivity contribution in [2.24, 2.45) is 5.41 Å². The van der Waals surface area contributed by atoms with E-state index < -0.39 is 5.97 Å². The zero-order chi connectivity index (χ0) is 18.2. The number of nitrogens with zero attached hydrogens (tertiary/aromatic N) is 1. The Labute approximate surface area is 152 Å². The van der Waals surface area contributed by atoms with Crippen molar-refractivity contribution in [3.63, 3.8) is 0 Å². The van der Waals surface area contributed by atoms with Gasteiger partial charge < -0.3 is 10.4 Å². The minimum absolute atomic E-state index is 0.133. The van der Waals surface area contributed by atoms with Crippen LogP contribution in [0, 0.1) is 16.7 Å². The number of benzene rings is 1. The Kier molecular flexibility index (Phi) is 4.68. The Balaban J connectivity index is 2.21. The fourth-order valence-corrected chi connectivity index (χ4v) is 4.93. The van der Waals surface area contributed by atoms with Gasteiger partial charge in [0.2, 0.25) is 0 Å². The van der Waals surface area contributed by atoms with Crippen molar-refractivity contribution < 1.29 is 9.90 Å². The molecule has 3 rings (SSSR count). The summed E-state index contributed by atoms with van der Waals surface area (Å²) in [5.41, 5.74) is 4.06. The highest BCUT2D eigenvalue weighted by atomic mass is 32.1. The van der Waals surface area contributed by atoms with E-state index >= 15 is 0 Å². The molecule has 2 N–H and O–H groups in total. The van der Waals surface area contributed by atoms with Crippen LogP contribution in [-0.4, -0.2) is 18.1 Å². The second-order valence-corrected chi connectivity index (χ2v) is 8.47. The molecule has 1 aliphatic rings. The number of aryl methyl sites for hydroxylation is 1. The van der Waals surface area contributed by atoms with E-state index in [9.17, 15) is 9.90 Å². The van der Waals surface area contributed by atoms with Crippen LogP contribution < -0.4 is 5.32 Å². The van der Waals surface area contributed by atoms with E-state index in [4.69, 9.17) is 5.26 Å². The Morgan fingerprint density at radius 1 is 1.44 bits per heavy atom. The van der Waals surface area contributed by atoms with E-state index in [-0.39, 0.29) is 5.41 Å². The van der Waals surface area contributed by atoms with E-state index in [1.54, 1.807) is 17.4 Å². The molecule has 1 heterocycles. The van der Waals surface area contributed by atoms with Crippen molar-refractivity contribution in [2.45, 2.75) is 39.7 Å². The molecule has 0 saturated heterocycles. The van der Waals surface area contributed by atoms with Crippen molar-refractivity contribution in [1.29, 1.82) is 5.26 Å². The van der Waals surface area contributed by atoms with Crippen LogP contribution in [0.2, 0.25) is 0 Å². The number of aromatic carboxylic acids is 1. The molecule has 5 heteroatoms. The standard InChI is InChI=1S/C20H22N2O2S/c1-20(2)7-6-16-15(9-20)17(19(23)24)18(25-16)14-5-4-12(10-21)8-13(14)11-22-3/h4-5,8,22H,6-7,9,11H2,1-3H3,(H,23,24). The summed E-state index contributed by atoms with van der Waals surface area (Å²) in [6, 6.07) is 7.66. The molecule has 25 heavy (non-hydrogen) atoms. The third-order valence-electron chi connectivity index (χ3n) is 4.83. The SMILES string of the molecule is CNCc1cc(C#N)ccc1-c1sc2c(c1C(=O)O)CC(C)(C)CC2. The Morgan fingerprint density at radius 3 is 2.84 bits per heavy atom. The molecule has 0 amide bonds. The number of rotatable bonds is 4. The molecule has 1 aromatic carbocycles. The molecule has 0 bridgehead atoms. The van der Waals surface area contributed by atoms with Gasteiger partial charge in [-0.3, -0.25) is 0 Å². The molecular weight excluding hydrogens is 332 g/mol. The molecule has 2 aromatic rings. The molecule has 0 saturated carbocycles. The smallest absolute Gasteiger partial charge is 0.337 e. The summed E-state index contributed by atoms with van der Waals surface area (Å²) >= 11 is 1.61. The lowest BCUT2D eigenvalue weighted by molar-refractivity contribution is 0.0696. The monoisotopic (exact) mass is 354 g/mol. The van der Waals surface area contributed by atoms with E-state index in [0.29, 0.717) is 17.7 Å². The molecule has 0 atom stereocenters. The molecule has 0 spiro atoms. The van der Waals surface area contributed by atoms with Crippen LogP contribution in [0.25, 0.3) is 10.4 Å². The average Bonchev–Trinajstić information content (AvgIpc) is 2.92. The lowest BCUT2D eigenvalue weighted by Crippen LogP contribution is -2.22. The summed E-state index contributed by atoms with van der Waals surface area (Å²) in [5, 5.41) is 22.2. The summed E-state index contributed by atoms with van der Waals surface area (Å²) < 4.78 is 0. The quantitative estimate of drug-likeness (QED) is 0.862. The maximum absolute atomic E-state index is 12.1. The third-order valence-corrected chi connectivity index (χ3v) is 6.16. The van der Waals surface area contributed by atoms with E-state index in [0.717, 1.165) is 40.8 Å². The fourth-order valence-electron chi connectivity index (χ4n) is 3.56. The fraction of sp³-hybridized carbons (Fsp3) is 0.400. The van der Waals surface area contributed by atoms with Crippen LogP contribution in [0.15, 0.2) is 18.2 Å². The Hall–Kier alpha value is -2.16. The van der Waals surface area contributed by atoms with Crippen LogP contribution in [-0.2, 0) is 19.4 Å². The van der Waals surface area contributed by atoms with Gasteiger partial charge in [-0.15, -0.1) is 11.3 Å². The van der Waals surface area contributed by atoms with Crippen LogP contribution >= 0.6 is 11.3 Å². The van der Waals surface area contributed by atoms with Crippen molar-refractivity contribution in [2.75, 3.05) is 7.05 Å². The number of carbonyl (C=O) groups is 1. The van der Waals surface area contributed by atoms with Crippen LogP contribution in [0.4, 0.5) is 0 Å². The van der Waals surface area contributed by atoms with Gasteiger partial charge in [-0.1, -0.05) is 19.9 Å². The second kappa shape index (κ2) is 6.62. The number of carboxylic acids is 1. The van der Waals surface area contributed by atoms with Gasteiger partial charge in [0, 0.05) is 16.3 Å². The summed E-state index contributed by atoms with van der Waals surface area (Å²) in [7, 11) is 1.85. The average molecular weight is 354 g/mol. The molecule has 0 unspecified atom stereocenters. The first-order chi connectivity index (χ1) is 11.9. The summed E-state index contributed by atoms with van der Waals surface area (Å²) in [6.07, 6.45) is 2.82. The highest BCUT2D eigenvalue weighted by Crippen LogP contribution is 2.45. The first-order valence-electron chi connectivity index (χ1n) is 8.42. The van der Waals surface area contributed by atoms with Gasteiger partial charge in [-0.25, -0.2) is 4.79 Å². The van der Waals surface area contributed by atoms with Crippen LogP contribution in [0.3, 0.4) is 0 Å². The van der Waals surface area contributed by atoms with Gasteiger partial charge in [0.25, 0.3) is 0 Å². The molecule has 1 aromatic heterocycles. The van der Waals surface area contributed by atoms with E-state index in [2.05, 4.69) is 25.2 Å². The first kappa shape index (κ1) is 17.7. The number of carboxylic acid groups (broad SMARTS) is 1. The minimum atomic E-state index is -0.857. The largest absolute Gasteiger partial charge is 0.478 e. The van der Waals surface area contributed by atoms with Crippen molar-refractivity contribution in [1.82, 2.24) is 5.32 Å². The summed E-state index contributed by atoms with van der Waals surface area (Å²) in [4.78, 5) is 14.1.